The largest absolute Gasteiger partial charge is 0.573 e. The molecule has 1 aliphatic rings. The minimum absolute atomic E-state index is 0. The molecule has 0 saturated heterocycles. The van der Waals surface area contributed by atoms with Crippen LogP contribution in [-0.4, -0.2) is 18.9 Å². The smallest absolute Gasteiger partial charge is 0.404 e. The number of aliphatic imine (C=N–C) groups is 1. The molecule has 0 aromatic heterocycles. The molecule has 0 spiro atoms. The molecule has 0 bridgehead atoms. The Bertz CT molecular complexity index is 822. The molecule has 0 aliphatic heterocycles. The molecule has 3 rings (SSSR count). The fourth-order valence-corrected chi connectivity index (χ4v) is 2.75. The number of nitrogens with zero attached hydrogens (tertiary/aromatic N) is 1. The fraction of sp³-hybridized carbons (Fsp3) is 0.278. The second-order valence-electron chi connectivity index (χ2n) is 6.13. The van der Waals surface area contributed by atoms with E-state index in [9.17, 15) is 17.6 Å². The summed E-state index contributed by atoms with van der Waals surface area (Å²) in [6.07, 6.45) is -3.26. The number of anilines is 1. The molecular weight excluding hydrogens is 477 g/mol. The number of nitrogens with one attached hydrogen (secondary N) is 1. The highest BCUT2D eigenvalue weighted by atomic mass is 127. The Morgan fingerprint density at radius 1 is 1.11 bits per heavy atom. The first-order chi connectivity index (χ1) is 12.3. The van der Waals surface area contributed by atoms with Crippen LogP contribution in [0.1, 0.15) is 18.4 Å². The van der Waals surface area contributed by atoms with Gasteiger partial charge in [0.1, 0.15) is 5.82 Å². The molecule has 0 unspecified atom stereocenters. The lowest BCUT2D eigenvalue weighted by Crippen LogP contribution is -2.26. The lowest BCUT2D eigenvalue weighted by atomic mass is 9.95. The van der Waals surface area contributed by atoms with Crippen LogP contribution in [0, 0.1) is 5.82 Å². The molecule has 0 heterocycles. The Kier molecular flexibility index (Phi) is 6.55. The Labute approximate surface area is 170 Å². The molecule has 2 aromatic rings. The summed E-state index contributed by atoms with van der Waals surface area (Å²) in [4.78, 5) is 4.19. The van der Waals surface area contributed by atoms with E-state index in [2.05, 4.69) is 15.0 Å². The van der Waals surface area contributed by atoms with Gasteiger partial charge in [0.05, 0.1) is 12.2 Å². The molecule has 4 nitrogen and oxygen atoms in total. The van der Waals surface area contributed by atoms with Gasteiger partial charge in [-0.15, -0.1) is 37.1 Å². The minimum atomic E-state index is -4.81. The zero-order chi connectivity index (χ0) is 18.8. The van der Waals surface area contributed by atoms with E-state index in [1.807, 2.05) is 0 Å². The number of guanidine groups is 1. The van der Waals surface area contributed by atoms with Crippen LogP contribution >= 0.6 is 24.0 Å². The topological polar surface area (TPSA) is 59.6 Å². The second kappa shape index (κ2) is 8.32. The molecule has 3 N–H and O–H groups in total. The molecule has 0 radical (unpaired) electrons. The number of nitrogens with two attached hydrogens (primary N) is 1. The van der Waals surface area contributed by atoms with Crippen LogP contribution in [0.3, 0.4) is 0 Å². The van der Waals surface area contributed by atoms with Crippen molar-refractivity contribution in [2.24, 2.45) is 10.7 Å². The van der Waals surface area contributed by atoms with Gasteiger partial charge in [-0.2, -0.15) is 0 Å². The van der Waals surface area contributed by atoms with Crippen LogP contribution in [0.5, 0.6) is 5.75 Å². The number of para-hydroxylation sites is 2. The summed E-state index contributed by atoms with van der Waals surface area (Å²) in [5.41, 5.74) is 6.02. The predicted octanol–water partition coefficient (Wildman–Crippen LogP) is 4.80. The zero-order valence-corrected chi connectivity index (χ0v) is 16.4. The van der Waals surface area contributed by atoms with Crippen molar-refractivity contribution in [3.63, 3.8) is 0 Å². The van der Waals surface area contributed by atoms with Gasteiger partial charge in [0.25, 0.3) is 0 Å². The number of rotatable bonds is 5. The first kappa shape index (κ1) is 21.3. The van der Waals surface area contributed by atoms with Crippen LogP contribution in [0.2, 0.25) is 0 Å². The van der Waals surface area contributed by atoms with E-state index in [0.717, 1.165) is 12.8 Å². The van der Waals surface area contributed by atoms with Gasteiger partial charge in [-0.25, -0.2) is 4.39 Å². The van der Waals surface area contributed by atoms with Crippen LogP contribution in [0.15, 0.2) is 53.5 Å². The minimum Gasteiger partial charge on any atom is -0.404 e. The van der Waals surface area contributed by atoms with E-state index in [-0.39, 0.29) is 48.0 Å². The predicted molar refractivity (Wildman–Crippen MR) is 106 cm³/mol. The highest BCUT2D eigenvalue weighted by molar-refractivity contribution is 14.0. The standard InChI is InChI=1S/C18H17F4N3O.HI/c19-13-6-2-1-5-12(13)17(9-10-17)11-24-16(23)25-14-7-3-4-8-15(14)26-18(20,21)22;/h1-8H,9-11H2,(H3,23,24,25);1H. The average Bonchev–Trinajstić information content (AvgIpc) is 3.35. The zero-order valence-electron chi connectivity index (χ0n) is 14.1. The Hall–Kier alpha value is -2.04. The van der Waals surface area contributed by atoms with E-state index in [1.54, 1.807) is 24.3 Å². The van der Waals surface area contributed by atoms with Crippen molar-refractivity contribution in [1.29, 1.82) is 0 Å². The molecule has 27 heavy (non-hydrogen) atoms. The number of benzene rings is 2. The van der Waals surface area contributed by atoms with Crippen molar-refractivity contribution in [2.75, 3.05) is 11.9 Å². The monoisotopic (exact) mass is 495 g/mol. The van der Waals surface area contributed by atoms with Crippen LogP contribution < -0.4 is 15.8 Å². The summed E-state index contributed by atoms with van der Waals surface area (Å²) in [7, 11) is 0. The van der Waals surface area contributed by atoms with E-state index < -0.39 is 17.5 Å². The highest BCUT2D eigenvalue weighted by Crippen LogP contribution is 2.49. The molecule has 0 atom stereocenters. The summed E-state index contributed by atoms with van der Waals surface area (Å²) < 4.78 is 55.3. The molecule has 1 fully saturated rings. The first-order valence-electron chi connectivity index (χ1n) is 7.96. The molecular formula is C18H18F4IN3O. The third-order valence-corrected chi connectivity index (χ3v) is 4.23. The van der Waals surface area contributed by atoms with Gasteiger partial charge in [-0.05, 0) is 36.6 Å². The fourth-order valence-electron chi connectivity index (χ4n) is 2.75. The SMILES string of the molecule is I.NC(=NCC1(c2ccccc2F)CC1)Nc1ccccc1OC(F)(F)F. The summed E-state index contributed by atoms with van der Waals surface area (Å²) >= 11 is 0. The maximum Gasteiger partial charge on any atom is 0.573 e. The summed E-state index contributed by atoms with van der Waals surface area (Å²) in [6.45, 7) is 0.245. The van der Waals surface area contributed by atoms with Crippen LogP contribution in [-0.2, 0) is 5.41 Å². The second-order valence-corrected chi connectivity index (χ2v) is 6.13. The third kappa shape index (κ3) is 5.47. The number of hydrogen-bond acceptors (Lipinski definition) is 2. The normalized spacial score (nSPS) is 15.6. The third-order valence-electron chi connectivity index (χ3n) is 4.23. The van der Waals surface area contributed by atoms with Crippen molar-refractivity contribution in [2.45, 2.75) is 24.6 Å². The number of alkyl halides is 3. The molecule has 1 aliphatic carbocycles. The molecule has 1 saturated carbocycles. The Morgan fingerprint density at radius 3 is 2.37 bits per heavy atom. The average molecular weight is 495 g/mol. The Balaban J connectivity index is 0.00000261. The van der Waals surface area contributed by atoms with E-state index in [4.69, 9.17) is 5.73 Å². The highest BCUT2D eigenvalue weighted by Gasteiger charge is 2.45. The van der Waals surface area contributed by atoms with Crippen molar-refractivity contribution >= 4 is 35.6 Å². The van der Waals surface area contributed by atoms with E-state index in [1.165, 1.54) is 24.3 Å². The molecule has 9 heteroatoms. The van der Waals surface area contributed by atoms with Gasteiger partial charge in [-0.3, -0.25) is 4.99 Å². The molecule has 0 amide bonds. The van der Waals surface area contributed by atoms with Gasteiger partial charge >= 0.3 is 6.36 Å². The number of ether oxygens (including phenoxy) is 1. The first-order valence-corrected chi connectivity index (χ1v) is 7.96. The van der Waals surface area contributed by atoms with Crippen molar-refractivity contribution in [1.82, 2.24) is 0 Å². The van der Waals surface area contributed by atoms with Crippen LogP contribution in [0.4, 0.5) is 23.2 Å². The van der Waals surface area contributed by atoms with Gasteiger partial charge in [-0.1, -0.05) is 30.3 Å². The lowest BCUT2D eigenvalue weighted by Gasteiger charge is -2.16. The molecule has 2 aromatic carbocycles. The summed E-state index contributed by atoms with van der Waals surface area (Å²) in [5, 5.41) is 2.61. The van der Waals surface area contributed by atoms with E-state index in [0.29, 0.717) is 5.56 Å². The quantitative estimate of drug-likeness (QED) is 0.271. The van der Waals surface area contributed by atoms with Gasteiger partial charge < -0.3 is 15.8 Å². The maximum atomic E-state index is 14.0. The van der Waals surface area contributed by atoms with Gasteiger partial charge in [0.15, 0.2) is 11.7 Å². The Morgan fingerprint density at radius 2 is 1.74 bits per heavy atom. The molecule has 146 valence electrons. The summed E-state index contributed by atoms with van der Waals surface area (Å²) in [5.74, 6) is -0.769. The summed E-state index contributed by atoms with van der Waals surface area (Å²) in [6, 6.07) is 12.0. The number of hydrogen-bond donors (Lipinski definition) is 2. The van der Waals surface area contributed by atoms with Crippen molar-refractivity contribution in [3.05, 3.63) is 59.9 Å². The van der Waals surface area contributed by atoms with E-state index >= 15 is 0 Å². The lowest BCUT2D eigenvalue weighted by molar-refractivity contribution is -0.274. The number of halogens is 5. The maximum absolute atomic E-state index is 14.0. The van der Waals surface area contributed by atoms with Gasteiger partial charge in [0, 0.05) is 5.41 Å². The van der Waals surface area contributed by atoms with Crippen molar-refractivity contribution < 1.29 is 22.3 Å². The van der Waals surface area contributed by atoms with Crippen molar-refractivity contribution in [3.8, 4) is 5.75 Å². The van der Waals surface area contributed by atoms with Crippen LogP contribution in [0.25, 0.3) is 0 Å². The van der Waals surface area contributed by atoms with Gasteiger partial charge in [0.2, 0.25) is 0 Å².